The van der Waals surface area contributed by atoms with E-state index in [1.54, 1.807) is 4.57 Å². The van der Waals surface area contributed by atoms with Crippen molar-refractivity contribution in [2.75, 3.05) is 12.4 Å². The zero-order valence-corrected chi connectivity index (χ0v) is 18.1. The Morgan fingerprint density at radius 3 is 2.90 bits per heavy atom. The summed E-state index contributed by atoms with van der Waals surface area (Å²) in [5, 5.41) is 11.8. The molecule has 3 aromatic rings. The highest BCUT2D eigenvalue weighted by molar-refractivity contribution is 7.99. The van der Waals surface area contributed by atoms with Crippen LogP contribution in [0.2, 0.25) is 0 Å². The molecule has 0 spiro atoms. The summed E-state index contributed by atoms with van der Waals surface area (Å²) in [6.07, 6.45) is 3.46. The number of nitrogens with zero attached hydrogens (tertiary/aromatic N) is 2. The van der Waals surface area contributed by atoms with Gasteiger partial charge in [-0.25, -0.2) is 4.98 Å². The van der Waals surface area contributed by atoms with Crippen LogP contribution in [0, 0.1) is 0 Å². The van der Waals surface area contributed by atoms with Gasteiger partial charge in [0.15, 0.2) is 5.16 Å². The first kappa shape index (κ1) is 21.1. The maximum Gasteiger partial charge on any atom is 0.262 e. The maximum atomic E-state index is 12.9. The summed E-state index contributed by atoms with van der Waals surface area (Å²) in [6.45, 7) is 2.93. The number of hydrogen-bond acceptors (Lipinski definition) is 5. The van der Waals surface area contributed by atoms with Gasteiger partial charge in [0.05, 0.1) is 29.7 Å². The molecule has 0 aliphatic heterocycles. The topological polar surface area (TPSA) is 64.3 Å². The van der Waals surface area contributed by atoms with Gasteiger partial charge < -0.3 is 9.84 Å². The Bertz CT molecular complexity index is 1070. The normalized spacial score (nSPS) is 17.1. The highest BCUT2D eigenvalue weighted by atomic mass is 32.2. The van der Waals surface area contributed by atoms with E-state index in [9.17, 15) is 9.90 Å². The largest absolute Gasteiger partial charge is 0.390 e. The van der Waals surface area contributed by atoms with Crippen molar-refractivity contribution >= 4 is 22.7 Å². The second-order valence-electron chi connectivity index (χ2n) is 7.75. The molecule has 5 nitrogen and oxygen atoms in total. The number of benzene rings is 2. The average molecular weight is 425 g/mol. The highest BCUT2D eigenvalue weighted by Gasteiger charge is 2.21. The van der Waals surface area contributed by atoms with Crippen molar-refractivity contribution in [2.45, 2.75) is 56.5 Å². The molecule has 0 amide bonds. The number of fused-ring (bicyclic) bond motifs is 2. The van der Waals surface area contributed by atoms with Gasteiger partial charge in [0.25, 0.3) is 5.56 Å². The molecular formula is C24H28N2O3S. The maximum absolute atomic E-state index is 12.9. The molecule has 6 heteroatoms. The molecule has 1 aliphatic carbocycles. The lowest BCUT2D eigenvalue weighted by atomic mass is 9.89. The molecule has 4 rings (SSSR count). The fourth-order valence-electron chi connectivity index (χ4n) is 4.01. The van der Waals surface area contributed by atoms with Crippen molar-refractivity contribution in [3.8, 4) is 0 Å². The molecule has 1 aliphatic rings. The molecule has 1 N–H and O–H groups in total. The van der Waals surface area contributed by atoms with E-state index in [-0.39, 0.29) is 18.3 Å². The van der Waals surface area contributed by atoms with Crippen LogP contribution in [0.5, 0.6) is 0 Å². The number of ether oxygens (including phenoxy) is 1. The van der Waals surface area contributed by atoms with E-state index in [1.165, 1.54) is 22.9 Å². The first-order valence-electron chi connectivity index (χ1n) is 10.7. The number of para-hydroxylation sites is 1. The molecule has 158 valence electrons. The molecule has 1 aromatic heterocycles. The van der Waals surface area contributed by atoms with Gasteiger partial charge in [-0.3, -0.25) is 9.36 Å². The van der Waals surface area contributed by atoms with Gasteiger partial charge in [-0.05, 0) is 48.9 Å². The lowest BCUT2D eigenvalue weighted by Crippen LogP contribution is -2.25. The molecule has 2 atom stereocenters. The van der Waals surface area contributed by atoms with Crippen molar-refractivity contribution in [1.29, 1.82) is 0 Å². The van der Waals surface area contributed by atoms with E-state index in [4.69, 9.17) is 4.74 Å². The molecule has 1 heterocycles. The summed E-state index contributed by atoms with van der Waals surface area (Å²) in [5.74, 6) is 0.433. The van der Waals surface area contributed by atoms with E-state index in [2.05, 4.69) is 23.2 Å². The Hall–Kier alpha value is -2.15. The minimum absolute atomic E-state index is 0.0190. The van der Waals surface area contributed by atoms with E-state index in [0.717, 1.165) is 25.7 Å². The van der Waals surface area contributed by atoms with Gasteiger partial charge in [0, 0.05) is 12.3 Å². The summed E-state index contributed by atoms with van der Waals surface area (Å²) in [5.41, 5.74) is 3.27. The van der Waals surface area contributed by atoms with E-state index >= 15 is 0 Å². The average Bonchev–Trinajstić information content (AvgIpc) is 2.78. The Kier molecular flexibility index (Phi) is 6.87. The molecular weight excluding hydrogens is 396 g/mol. The number of rotatable bonds is 8. The fourth-order valence-corrected chi connectivity index (χ4v) is 4.94. The van der Waals surface area contributed by atoms with Crippen LogP contribution in [-0.2, 0) is 17.7 Å². The van der Waals surface area contributed by atoms with Gasteiger partial charge >= 0.3 is 0 Å². The summed E-state index contributed by atoms with van der Waals surface area (Å²) in [7, 11) is 0. The van der Waals surface area contributed by atoms with Crippen LogP contribution in [-0.4, -0.2) is 33.1 Å². The van der Waals surface area contributed by atoms with Gasteiger partial charge in [-0.2, -0.15) is 0 Å². The van der Waals surface area contributed by atoms with Crippen molar-refractivity contribution in [1.82, 2.24) is 9.55 Å². The van der Waals surface area contributed by atoms with E-state index in [0.29, 0.717) is 28.4 Å². The van der Waals surface area contributed by atoms with E-state index < -0.39 is 6.10 Å². The summed E-state index contributed by atoms with van der Waals surface area (Å²) < 4.78 is 7.80. The second kappa shape index (κ2) is 9.77. The predicted octanol–water partition coefficient (Wildman–Crippen LogP) is 4.35. The van der Waals surface area contributed by atoms with Crippen LogP contribution in [0.25, 0.3) is 10.9 Å². The Labute approximate surface area is 181 Å². The molecule has 0 unspecified atom stereocenters. The van der Waals surface area contributed by atoms with E-state index in [1.807, 2.05) is 37.3 Å². The standard InChI is InChI=1S/C24H28N2O3S/c1-2-14-26-23(28)20-11-5-6-12-21(20)25-24(26)30-16-18(27)15-29-22-13-7-9-17-8-3-4-10-19(17)22/h3-6,8,10-12,18,22,27H,2,7,9,13-16H2,1H3/t18-,22-/m1/s1. The van der Waals surface area contributed by atoms with Gasteiger partial charge in [0.2, 0.25) is 0 Å². The van der Waals surface area contributed by atoms with Gasteiger partial charge in [-0.15, -0.1) is 0 Å². The zero-order valence-electron chi connectivity index (χ0n) is 17.3. The number of thioether (sulfide) groups is 1. The van der Waals surface area contributed by atoms with Crippen molar-refractivity contribution in [3.05, 3.63) is 70.0 Å². The van der Waals surface area contributed by atoms with Crippen LogP contribution in [0.4, 0.5) is 0 Å². The molecule has 0 radical (unpaired) electrons. The third-order valence-electron chi connectivity index (χ3n) is 5.48. The summed E-state index contributed by atoms with van der Waals surface area (Å²) in [4.78, 5) is 17.5. The predicted molar refractivity (Wildman–Crippen MR) is 121 cm³/mol. The van der Waals surface area contributed by atoms with Crippen molar-refractivity contribution < 1.29 is 9.84 Å². The number of aryl methyl sites for hydroxylation is 1. The quantitative estimate of drug-likeness (QED) is 0.430. The van der Waals surface area contributed by atoms with Crippen LogP contribution >= 0.6 is 11.8 Å². The lowest BCUT2D eigenvalue weighted by molar-refractivity contribution is -0.00961. The molecule has 2 aromatic carbocycles. The van der Waals surface area contributed by atoms with Crippen LogP contribution < -0.4 is 5.56 Å². The Balaban J connectivity index is 1.42. The van der Waals surface area contributed by atoms with Crippen molar-refractivity contribution in [2.24, 2.45) is 0 Å². The van der Waals surface area contributed by atoms with Crippen LogP contribution in [0.1, 0.15) is 43.4 Å². The summed E-state index contributed by atoms with van der Waals surface area (Å²) >= 11 is 1.42. The minimum Gasteiger partial charge on any atom is -0.390 e. The molecule has 0 bridgehead atoms. The van der Waals surface area contributed by atoms with Gasteiger partial charge in [0.1, 0.15) is 0 Å². The minimum atomic E-state index is -0.623. The first-order chi connectivity index (χ1) is 14.7. The Morgan fingerprint density at radius 2 is 2.03 bits per heavy atom. The first-order valence-corrected chi connectivity index (χ1v) is 11.7. The lowest BCUT2D eigenvalue weighted by Gasteiger charge is -2.26. The van der Waals surface area contributed by atoms with Gasteiger partial charge in [-0.1, -0.05) is 55.1 Å². The second-order valence-corrected chi connectivity index (χ2v) is 8.73. The molecule has 30 heavy (non-hydrogen) atoms. The number of hydrogen-bond donors (Lipinski definition) is 1. The monoisotopic (exact) mass is 424 g/mol. The smallest absolute Gasteiger partial charge is 0.262 e. The van der Waals surface area contributed by atoms with Crippen molar-refractivity contribution in [3.63, 3.8) is 0 Å². The Morgan fingerprint density at radius 1 is 1.23 bits per heavy atom. The number of aromatic nitrogens is 2. The molecule has 0 fully saturated rings. The number of aliphatic hydroxyl groups excluding tert-OH is 1. The summed E-state index contributed by atoms with van der Waals surface area (Å²) in [6, 6.07) is 15.8. The third kappa shape index (κ3) is 4.61. The molecule has 0 saturated carbocycles. The fraction of sp³-hybridized carbons (Fsp3) is 0.417. The third-order valence-corrected chi connectivity index (χ3v) is 6.60. The SMILES string of the molecule is CCCn1c(SC[C@H](O)CO[C@@H]2CCCc3ccccc32)nc2ccccc2c1=O. The zero-order chi connectivity index (χ0) is 20.9. The number of aliphatic hydroxyl groups is 1. The van der Waals surface area contributed by atoms with Crippen LogP contribution in [0.15, 0.2) is 58.5 Å². The molecule has 0 saturated heterocycles. The van der Waals surface area contributed by atoms with Crippen LogP contribution in [0.3, 0.4) is 0 Å². The highest BCUT2D eigenvalue weighted by Crippen LogP contribution is 2.32.